The van der Waals surface area contributed by atoms with E-state index in [0.717, 1.165) is 0 Å². The van der Waals surface area contributed by atoms with Gasteiger partial charge in [0.2, 0.25) is 0 Å². The van der Waals surface area contributed by atoms with E-state index in [9.17, 15) is 9.18 Å². The Morgan fingerprint density at radius 2 is 2.35 bits per heavy atom. The maximum atomic E-state index is 13.7. The monoisotopic (exact) mass is 241 g/mol. The van der Waals surface area contributed by atoms with Crippen molar-refractivity contribution in [2.75, 3.05) is 26.1 Å². The van der Waals surface area contributed by atoms with Crippen LogP contribution in [0.5, 0.6) is 0 Å². The molecule has 1 unspecified atom stereocenters. The lowest BCUT2D eigenvalue weighted by atomic mass is 10.2. The van der Waals surface area contributed by atoms with Crippen LogP contribution in [-0.2, 0) is 4.74 Å². The number of methoxy groups -OCH3 is 1. The van der Waals surface area contributed by atoms with E-state index in [-0.39, 0.29) is 17.4 Å². The molecule has 17 heavy (non-hydrogen) atoms. The standard InChI is InChI=1S/C11H16FN3O2/c1-7(6-17-3)15-11(16)8-4-5-14-10(13-2)9(8)12/h4-5,7H,6H2,1-3H3,(H,13,14)(H,15,16). The number of hydrogen-bond acceptors (Lipinski definition) is 4. The third kappa shape index (κ3) is 3.39. The summed E-state index contributed by atoms with van der Waals surface area (Å²) < 4.78 is 18.6. The predicted octanol–water partition coefficient (Wildman–Crippen LogP) is 1.03. The van der Waals surface area contributed by atoms with Crippen molar-refractivity contribution >= 4 is 11.7 Å². The maximum Gasteiger partial charge on any atom is 0.254 e. The number of nitrogens with one attached hydrogen (secondary N) is 2. The summed E-state index contributed by atoms with van der Waals surface area (Å²) in [6.45, 7) is 2.15. The second kappa shape index (κ2) is 6.15. The number of halogens is 1. The first-order valence-electron chi connectivity index (χ1n) is 5.22. The zero-order valence-corrected chi connectivity index (χ0v) is 10.1. The van der Waals surface area contributed by atoms with Crippen LogP contribution >= 0.6 is 0 Å². The number of ether oxygens (including phenoxy) is 1. The van der Waals surface area contributed by atoms with Crippen LogP contribution in [0.25, 0.3) is 0 Å². The Labute approximate surface area is 99.4 Å². The fourth-order valence-corrected chi connectivity index (χ4v) is 1.39. The van der Waals surface area contributed by atoms with Crippen LogP contribution in [-0.4, -0.2) is 37.7 Å². The molecule has 0 bridgehead atoms. The van der Waals surface area contributed by atoms with Crippen molar-refractivity contribution in [3.63, 3.8) is 0 Å². The molecule has 1 rings (SSSR count). The summed E-state index contributed by atoms with van der Waals surface area (Å²) in [5, 5.41) is 5.21. The van der Waals surface area contributed by atoms with Crippen molar-refractivity contribution in [3.05, 3.63) is 23.6 Å². The summed E-state index contributed by atoms with van der Waals surface area (Å²) in [5.41, 5.74) is -0.0349. The van der Waals surface area contributed by atoms with E-state index in [1.54, 1.807) is 14.0 Å². The van der Waals surface area contributed by atoms with Crippen molar-refractivity contribution in [2.24, 2.45) is 0 Å². The normalized spacial score (nSPS) is 12.0. The summed E-state index contributed by atoms with van der Waals surface area (Å²) in [7, 11) is 3.08. The smallest absolute Gasteiger partial charge is 0.254 e. The van der Waals surface area contributed by atoms with Gasteiger partial charge in [-0.05, 0) is 13.0 Å². The fraction of sp³-hybridized carbons (Fsp3) is 0.455. The van der Waals surface area contributed by atoms with Crippen molar-refractivity contribution in [2.45, 2.75) is 13.0 Å². The van der Waals surface area contributed by atoms with Gasteiger partial charge in [-0.25, -0.2) is 9.37 Å². The third-order valence-corrected chi connectivity index (χ3v) is 2.16. The minimum atomic E-state index is -0.655. The molecule has 5 nitrogen and oxygen atoms in total. The van der Waals surface area contributed by atoms with Crippen LogP contribution in [0.1, 0.15) is 17.3 Å². The van der Waals surface area contributed by atoms with Crippen molar-refractivity contribution in [1.29, 1.82) is 0 Å². The average molecular weight is 241 g/mol. The Bertz CT molecular complexity index is 398. The molecular weight excluding hydrogens is 225 g/mol. The molecule has 0 aliphatic heterocycles. The molecule has 0 aliphatic rings. The van der Waals surface area contributed by atoms with Gasteiger partial charge in [0.1, 0.15) is 0 Å². The summed E-state index contributed by atoms with van der Waals surface area (Å²) in [6, 6.07) is 1.16. The molecule has 1 aromatic heterocycles. The first-order valence-corrected chi connectivity index (χ1v) is 5.22. The second-order valence-electron chi connectivity index (χ2n) is 3.60. The molecule has 0 spiro atoms. The molecule has 1 amide bonds. The quantitative estimate of drug-likeness (QED) is 0.808. The number of hydrogen-bond donors (Lipinski definition) is 2. The van der Waals surface area contributed by atoms with E-state index in [0.29, 0.717) is 6.61 Å². The van der Waals surface area contributed by atoms with Gasteiger partial charge in [0, 0.05) is 26.4 Å². The SMILES string of the molecule is CNc1nccc(C(=O)NC(C)COC)c1F. The minimum absolute atomic E-state index is 0.0349. The Morgan fingerprint density at radius 1 is 1.65 bits per heavy atom. The number of carbonyl (C=O) groups excluding carboxylic acids is 1. The zero-order valence-electron chi connectivity index (χ0n) is 10.1. The largest absolute Gasteiger partial charge is 0.383 e. The van der Waals surface area contributed by atoms with Gasteiger partial charge in [0.25, 0.3) is 5.91 Å². The van der Waals surface area contributed by atoms with Crippen LogP contribution in [0.15, 0.2) is 12.3 Å². The molecule has 1 atom stereocenters. The molecule has 6 heteroatoms. The summed E-state index contributed by atoms with van der Waals surface area (Å²) >= 11 is 0. The van der Waals surface area contributed by atoms with E-state index >= 15 is 0 Å². The van der Waals surface area contributed by atoms with E-state index in [1.165, 1.54) is 19.4 Å². The van der Waals surface area contributed by atoms with Gasteiger partial charge >= 0.3 is 0 Å². The Morgan fingerprint density at radius 3 is 2.94 bits per heavy atom. The van der Waals surface area contributed by atoms with Crippen LogP contribution in [0.3, 0.4) is 0 Å². The molecular formula is C11H16FN3O2. The molecule has 0 radical (unpaired) electrons. The number of carbonyl (C=O) groups is 1. The maximum absolute atomic E-state index is 13.7. The van der Waals surface area contributed by atoms with E-state index in [4.69, 9.17) is 4.74 Å². The summed E-state index contributed by atoms with van der Waals surface area (Å²) in [4.78, 5) is 15.5. The lowest BCUT2D eigenvalue weighted by Crippen LogP contribution is -2.36. The Hall–Kier alpha value is -1.69. The number of aromatic nitrogens is 1. The van der Waals surface area contributed by atoms with E-state index in [1.807, 2.05) is 0 Å². The Kier molecular flexibility index (Phi) is 4.84. The first-order chi connectivity index (χ1) is 8.10. The second-order valence-corrected chi connectivity index (χ2v) is 3.60. The van der Waals surface area contributed by atoms with Gasteiger partial charge in [-0.1, -0.05) is 0 Å². The average Bonchev–Trinajstić information content (AvgIpc) is 2.29. The highest BCUT2D eigenvalue weighted by atomic mass is 19.1. The van der Waals surface area contributed by atoms with Crippen molar-refractivity contribution < 1.29 is 13.9 Å². The fourth-order valence-electron chi connectivity index (χ4n) is 1.39. The molecule has 2 N–H and O–H groups in total. The third-order valence-electron chi connectivity index (χ3n) is 2.16. The van der Waals surface area contributed by atoms with Gasteiger partial charge in [-0.3, -0.25) is 4.79 Å². The summed E-state index contributed by atoms with van der Waals surface area (Å²) in [6.07, 6.45) is 1.38. The Balaban J connectivity index is 2.82. The molecule has 1 aromatic rings. The van der Waals surface area contributed by atoms with Gasteiger partial charge in [-0.2, -0.15) is 0 Å². The van der Waals surface area contributed by atoms with Gasteiger partial charge in [-0.15, -0.1) is 0 Å². The number of amides is 1. The highest BCUT2D eigenvalue weighted by molar-refractivity contribution is 5.95. The van der Waals surface area contributed by atoms with Crippen LogP contribution in [0, 0.1) is 5.82 Å². The highest BCUT2D eigenvalue weighted by Crippen LogP contribution is 2.14. The van der Waals surface area contributed by atoms with Gasteiger partial charge < -0.3 is 15.4 Å². The van der Waals surface area contributed by atoms with E-state index in [2.05, 4.69) is 15.6 Å². The topological polar surface area (TPSA) is 63.2 Å². The van der Waals surface area contributed by atoms with Gasteiger partial charge in [0.15, 0.2) is 11.6 Å². The highest BCUT2D eigenvalue weighted by Gasteiger charge is 2.16. The molecule has 1 heterocycles. The van der Waals surface area contributed by atoms with E-state index < -0.39 is 11.7 Å². The number of rotatable bonds is 5. The number of anilines is 1. The van der Waals surface area contributed by atoms with Crippen LogP contribution in [0.4, 0.5) is 10.2 Å². The molecule has 0 aromatic carbocycles. The van der Waals surface area contributed by atoms with Crippen LogP contribution < -0.4 is 10.6 Å². The molecule has 0 aliphatic carbocycles. The number of nitrogens with zero attached hydrogens (tertiary/aromatic N) is 1. The number of pyridine rings is 1. The summed E-state index contributed by atoms with van der Waals surface area (Å²) in [5.74, 6) is -1.08. The lowest BCUT2D eigenvalue weighted by molar-refractivity contribution is 0.0901. The molecule has 0 fully saturated rings. The van der Waals surface area contributed by atoms with Crippen molar-refractivity contribution in [3.8, 4) is 0 Å². The van der Waals surface area contributed by atoms with Gasteiger partial charge in [0.05, 0.1) is 12.2 Å². The molecule has 0 saturated carbocycles. The zero-order chi connectivity index (χ0) is 12.8. The first kappa shape index (κ1) is 13.4. The molecule has 0 saturated heterocycles. The predicted molar refractivity (Wildman–Crippen MR) is 62.5 cm³/mol. The minimum Gasteiger partial charge on any atom is -0.383 e. The van der Waals surface area contributed by atoms with Crippen molar-refractivity contribution in [1.82, 2.24) is 10.3 Å². The molecule has 94 valence electrons. The lowest BCUT2D eigenvalue weighted by Gasteiger charge is -2.13. The van der Waals surface area contributed by atoms with Crippen LogP contribution in [0.2, 0.25) is 0 Å².